The summed E-state index contributed by atoms with van der Waals surface area (Å²) in [6, 6.07) is 5.21. The van der Waals surface area contributed by atoms with E-state index in [0.717, 1.165) is 0 Å². The predicted octanol–water partition coefficient (Wildman–Crippen LogP) is 2.45. The summed E-state index contributed by atoms with van der Waals surface area (Å²) < 4.78 is 46.7. The molecule has 0 radical (unpaired) electrons. The number of nitrogens with zero attached hydrogens (tertiary/aromatic N) is 2. The van der Waals surface area contributed by atoms with Gasteiger partial charge in [-0.15, -0.1) is 5.10 Å². The number of aliphatic hydroxyl groups excluding tert-OH is 2. The third-order valence-corrected chi connectivity index (χ3v) is 4.54. The number of anilines is 1. The summed E-state index contributed by atoms with van der Waals surface area (Å²) in [7, 11) is 0. The minimum Gasteiger partial charge on any atom is -0.474 e. The molecule has 1 aromatic carbocycles. The molecule has 0 saturated carbocycles. The Morgan fingerprint density at radius 3 is 2.61 bits per heavy atom. The van der Waals surface area contributed by atoms with Crippen LogP contribution in [0.15, 0.2) is 30.3 Å². The lowest BCUT2D eigenvalue weighted by molar-refractivity contribution is -0.133. The van der Waals surface area contributed by atoms with Crippen LogP contribution in [0.25, 0.3) is 10.9 Å². The van der Waals surface area contributed by atoms with Crippen LogP contribution in [0.2, 0.25) is 0 Å². The fourth-order valence-electron chi connectivity index (χ4n) is 3.10. The fraction of sp³-hybridized carbons (Fsp3) is 0.350. The van der Waals surface area contributed by atoms with E-state index in [1.807, 2.05) is 0 Å². The molecule has 0 spiro atoms. The van der Waals surface area contributed by atoms with Crippen molar-refractivity contribution in [3.05, 3.63) is 47.4 Å². The zero-order valence-electron chi connectivity index (χ0n) is 17.4. The van der Waals surface area contributed by atoms with E-state index in [2.05, 4.69) is 30.6 Å². The van der Waals surface area contributed by atoms with Gasteiger partial charge in [-0.2, -0.15) is 8.78 Å². The van der Waals surface area contributed by atoms with Gasteiger partial charge < -0.3 is 25.0 Å². The minimum atomic E-state index is -2.92. The number of alkyl halides is 2. The molecule has 2 unspecified atom stereocenters. The highest BCUT2D eigenvalue weighted by molar-refractivity contribution is 5.93. The van der Waals surface area contributed by atoms with Crippen molar-refractivity contribution < 1.29 is 37.7 Å². The van der Waals surface area contributed by atoms with Crippen molar-refractivity contribution in [1.82, 2.24) is 20.5 Å². The van der Waals surface area contributed by atoms with Crippen molar-refractivity contribution in [3.63, 3.8) is 0 Å². The molecule has 178 valence electrons. The van der Waals surface area contributed by atoms with Gasteiger partial charge in [-0.1, -0.05) is 12.1 Å². The topological polar surface area (TPSA) is 142 Å². The highest BCUT2D eigenvalue weighted by Crippen LogP contribution is 2.28. The lowest BCUT2D eigenvalue weighted by Crippen LogP contribution is -2.38. The van der Waals surface area contributed by atoms with E-state index in [9.17, 15) is 28.2 Å². The average Bonchev–Trinajstić information content (AvgIpc) is 3.18. The summed E-state index contributed by atoms with van der Waals surface area (Å²) in [6.07, 6.45) is -0.981. The van der Waals surface area contributed by atoms with Crippen molar-refractivity contribution in [3.8, 4) is 5.88 Å². The Labute approximate surface area is 185 Å². The number of fused-ring (bicyclic) bond motifs is 1. The standard InChI is InChI=1S/C20H22F3N5O5/c1-10(30)17(11-2-4-12(21)5-3-11)26-20(31)25-15-8-13-16(14(9-29)24-15)18(28-27-13)32-6-7-33-19(22)23/h2-5,8,10,17,19,29-30H,6-7,9H2,1H3,(H,27,28)(H2,24,25,26,31). The maximum Gasteiger partial charge on any atom is 0.345 e. The number of nitrogens with one attached hydrogen (secondary N) is 3. The second-order valence-electron chi connectivity index (χ2n) is 6.91. The van der Waals surface area contributed by atoms with E-state index in [4.69, 9.17) is 4.74 Å². The molecule has 3 rings (SSSR count). The van der Waals surface area contributed by atoms with Crippen molar-refractivity contribution in [1.29, 1.82) is 0 Å². The van der Waals surface area contributed by atoms with Crippen molar-refractivity contribution in [2.45, 2.75) is 32.3 Å². The minimum absolute atomic E-state index is 0.0286. The maximum atomic E-state index is 13.2. The molecular formula is C20H22F3N5O5. The lowest BCUT2D eigenvalue weighted by Gasteiger charge is -2.22. The van der Waals surface area contributed by atoms with Gasteiger partial charge in [0.1, 0.15) is 18.2 Å². The molecular weight excluding hydrogens is 447 g/mol. The molecule has 33 heavy (non-hydrogen) atoms. The molecule has 0 bridgehead atoms. The van der Waals surface area contributed by atoms with Crippen LogP contribution < -0.4 is 15.4 Å². The smallest absolute Gasteiger partial charge is 0.345 e. The van der Waals surface area contributed by atoms with E-state index in [0.29, 0.717) is 16.5 Å². The summed E-state index contributed by atoms with van der Waals surface area (Å²) in [6.45, 7) is -2.55. The Hall–Kier alpha value is -3.42. The Bertz CT molecular complexity index is 1080. The Balaban J connectivity index is 1.73. The summed E-state index contributed by atoms with van der Waals surface area (Å²) in [5.41, 5.74) is 0.971. The number of carbonyl (C=O) groups is 1. The normalized spacial score (nSPS) is 13.2. The molecule has 0 fully saturated rings. The summed E-state index contributed by atoms with van der Waals surface area (Å²) in [5.74, 6) is -0.365. The molecule has 2 amide bonds. The monoisotopic (exact) mass is 469 g/mol. The van der Waals surface area contributed by atoms with Crippen LogP contribution in [0.3, 0.4) is 0 Å². The van der Waals surface area contributed by atoms with Crippen molar-refractivity contribution in [2.24, 2.45) is 0 Å². The number of rotatable bonds is 10. The number of H-pyrrole nitrogens is 1. The van der Waals surface area contributed by atoms with Crippen LogP contribution in [0.4, 0.5) is 23.8 Å². The number of carbonyl (C=O) groups excluding carboxylic acids is 1. The molecule has 2 heterocycles. The number of aliphatic hydroxyl groups is 2. The van der Waals surface area contributed by atoms with Gasteiger partial charge in [-0.25, -0.2) is 14.2 Å². The second kappa shape index (κ2) is 10.9. The number of hydrogen-bond donors (Lipinski definition) is 5. The average molecular weight is 469 g/mol. The molecule has 10 nitrogen and oxygen atoms in total. The zero-order chi connectivity index (χ0) is 24.0. The van der Waals surface area contributed by atoms with Crippen LogP contribution in [0, 0.1) is 5.82 Å². The van der Waals surface area contributed by atoms with Crippen molar-refractivity contribution in [2.75, 3.05) is 18.5 Å². The quantitative estimate of drug-likeness (QED) is 0.287. The van der Waals surface area contributed by atoms with Gasteiger partial charge >= 0.3 is 12.6 Å². The van der Waals surface area contributed by atoms with Crippen LogP contribution >= 0.6 is 0 Å². The van der Waals surface area contributed by atoms with Crippen molar-refractivity contribution >= 4 is 22.8 Å². The number of hydrogen-bond acceptors (Lipinski definition) is 7. The number of aromatic nitrogens is 3. The molecule has 0 aliphatic carbocycles. The number of benzene rings is 1. The number of halogens is 3. The van der Waals surface area contributed by atoms with E-state index < -0.39 is 37.2 Å². The van der Waals surface area contributed by atoms with Crippen LogP contribution in [-0.2, 0) is 11.3 Å². The zero-order valence-corrected chi connectivity index (χ0v) is 17.4. The van der Waals surface area contributed by atoms with Gasteiger partial charge in [0.2, 0.25) is 5.88 Å². The first kappa shape index (κ1) is 24.2. The predicted molar refractivity (Wildman–Crippen MR) is 110 cm³/mol. The first-order valence-electron chi connectivity index (χ1n) is 9.81. The van der Waals surface area contributed by atoms with Crippen LogP contribution in [0.1, 0.15) is 24.2 Å². The Morgan fingerprint density at radius 1 is 1.24 bits per heavy atom. The van der Waals surface area contributed by atoms with E-state index in [-0.39, 0.29) is 30.6 Å². The number of aromatic amines is 1. The number of urea groups is 1. The third-order valence-electron chi connectivity index (χ3n) is 4.54. The molecule has 3 aromatic rings. The number of ether oxygens (including phenoxy) is 2. The lowest BCUT2D eigenvalue weighted by atomic mass is 10.0. The number of amides is 2. The fourth-order valence-corrected chi connectivity index (χ4v) is 3.10. The molecule has 0 aliphatic heterocycles. The van der Waals surface area contributed by atoms with E-state index in [1.54, 1.807) is 0 Å². The van der Waals surface area contributed by atoms with Gasteiger partial charge in [-0.3, -0.25) is 10.4 Å². The summed E-state index contributed by atoms with van der Waals surface area (Å²) in [5, 5.41) is 31.7. The maximum absolute atomic E-state index is 13.2. The molecule has 2 aromatic heterocycles. The highest BCUT2D eigenvalue weighted by atomic mass is 19.3. The third kappa shape index (κ3) is 6.31. The highest BCUT2D eigenvalue weighted by Gasteiger charge is 2.21. The van der Waals surface area contributed by atoms with E-state index >= 15 is 0 Å². The molecule has 0 saturated heterocycles. The molecule has 2 atom stereocenters. The molecule has 5 N–H and O–H groups in total. The largest absolute Gasteiger partial charge is 0.474 e. The Morgan fingerprint density at radius 2 is 1.97 bits per heavy atom. The second-order valence-corrected chi connectivity index (χ2v) is 6.91. The van der Waals surface area contributed by atoms with Gasteiger partial charge in [0.15, 0.2) is 0 Å². The van der Waals surface area contributed by atoms with Gasteiger partial charge in [0.05, 0.1) is 42.0 Å². The molecule has 0 aliphatic rings. The SMILES string of the molecule is CC(O)C(NC(=O)Nc1cc2[nH]nc(OCCOC(F)F)c2c(CO)n1)c1ccc(F)cc1. The molecule has 13 heteroatoms. The van der Waals surface area contributed by atoms with Gasteiger partial charge in [0.25, 0.3) is 0 Å². The van der Waals surface area contributed by atoms with Crippen LogP contribution in [-0.4, -0.2) is 57.4 Å². The van der Waals surface area contributed by atoms with Crippen LogP contribution in [0.5, 0.6) is 5.88 Å². The van der Waals surface area contributed by atoms with Gasteiger partial charge in [-0.05, 0) is 24.6 Å². The Kier molecular flexibility index (Phi) is 8.03. The van der Waals surface area contributed by atoms with E-state index in [1.165, 1.54) is 37.3 Å². The van der Waals surface area contributed by atoms with Gasteiger partial charge in [0, 0.05) is 6.07 Å². The summed E-state index contributed by atoms with van der Waals surface area (Å²) in [4.78, 5) is 16.7. The first-order valence-corrected chi connectivity index (χ1v) is 9.81. The summed E-state index contributed by atoms with van der Waals surface area (Å²) >= 11 is 0. The number of pyridine rings is 1. The first-order chi connectivity index (χ1) is 15.8.